The van der Waals surface area contributed by atoms with E-state index in [1.807, 2.05) is 42.5 Å². The summed E-state index contributed by atoms with van der Waals surface area (Å²) in [6, 6.07) is 24.0. The molecule has 0 aromatic heterocycles. The van der Waals surface area contributed by atoms with Gasteiger partial charge in [-0.05, 0) is 61.4 Å². The zero-order valence-corrected chi connectivity index (χ0v) is 16.2. The minimum atomic E-state index is -0.210. The SMILES string of the molecule is O=C(Nc1ccccc1Cl)c1ccc(OCCCCOc2ccccc2)cc1. The van der Waals surface area contributed by atoms with Crippen LogP contribution in [0.4, 0.5) is 5.69 Å². The molecule has 1 amide bonds. The summed E-state index contributed by atoms with van der Waals surface area (Å²) < 4.78 is 11.4. The van der Waals surface area contributed by atoms with E-state index in [0.29, 0.717) is 29.5 Å². The summed E-state index contributed by atoms with van der Waals surface area (Å²) in [6.45, 7) is 1.26. The quantitative estimate of drug-likeness (QED) is 0.463. The number of benzene rings is 3. The molecule has 28 heavy (non-hydrogen) atoms. The molecule has 0 radical (unpaired) electrons. The summed E-state index contributed by atoms with van der Waals surface area (Å²) in [5, 5.41) is 3.31. The molecule has 0 saturated carbocycles. The van der Waals surface area contributed by atoms with Gasteiger partial charge < -0.3 is 14.8 Å². The van der Waals surface area contributed by atoms with Gasteiger partial charge in [-0.25, -0.2) is 0 Å². The molecule has 144 valence electrons. The summed E-state index contributed by atoms with van der Waals surface area (Å²) in [7, 11) is 0. The predicted molar refractivity (Wildman–Crippen MR) is 113 cm³/mol. The lowest BCUT2D eigenvalue weighted by atomic mass is 10.2. The van der Waals surface area contributed by atoms with Crippen LogP contribution in [0, 0.1) is 0 Å². The molecule has 0 spiro atoms. The number of anilines is 1. The van der Waals surface area contributed by atoms with Crippen molar-refractivity contribution >= 4 is 23.2 Å². The maximum atomic E-state index is 12.3. The highest BCUT2D eigenvalue weighted by Gasteiger charge is 2.08. The van der Waals surface area contributed by atoms with Crippen LogP contribution in [0.15, 0.2) is 78.9 Å². The molecule has 3 aromatic rings. The number of para-hydroxylation sites is 2. The molecule has 0 saturated heterocycles. The highest BCUT2D eigenvalue weighted by atomic mass is 35.5. The van der Waals surface area contributed by atoms with E-state index in [1.165, 1.54) is 0 Å². The van der Waals surface area contributed by atoms with Crippen molar-refractivity contribution in [2.75, 3.05) is 18.5 Å². The number of ether oxygens (including phenoxy) is 2. The van der Waals surface area contributed by atoms with E-state index in [1.54, 1.807) is 36.4 Å². The smallest absolute Gasteiger partial charge is 0.255 e. The molecule has 0 atom stereocenters. The summed E-state index contributed by atoms with van der Waals surface area (Å²) in [5.74, 6) is 1.41. The Morgan fingerprint density at radius 3 is 1.96 bits per heavy atom. The van der Waals surface area contributed by atoms with E-state index in [4.69, 9.17) is 21.1 Å². The molecular weight excluding hydrogens is 374 g/mol. The number of carbonyl (C=O) groups is 1. The number of nitrogens with one attached hydrogen (secondary N) is 1. The molecule has 4 nitrogen and oxygen atoms in total. The molecular formula is C23H22ClNO3. The first-order valence-electron chi connectivity index (χ1n) is 9.19. The normalized spacial score (nSPS) is 10.3. The van der Waals surface area contributed by atoms with Gasteiger partial charge in [0.2, 0.25) is 0 Å². The van der Waals surface area contributed by atoms with Gasteiger partial charge in [-0.1, -0.05) is 41.9 Å². The van der Waals surface area contributed by atoms with E-state index < -0.39 is 0 Å². The van der Waals surface area contributed by atoms with E-state index >= 15 is 0 Å². The van der Waals surface area contributed by atoms with Crippen molar-refractivity contribution in [2.45, 2.75) is 12.8 Å². The molecule has 1 N–H and O–H groups in total. The van der Waals surface area contributed by atoms with Gasteiger partial charge in [0.1, 0.15) is 11.5 Å². The minimum absolute atomic E-state index is 0.210. The lowest BCUT2D eigenvalue weighted by Crippen LogP contribution is -2.12. The fourth-order valence-electron chi connectivity index (χ4n) is 2.56. The number of unbranched alkanes of at least 4 members (excludes halogenated alkanes) is 1. The number of amides is 1. The molecule has 0 aliphatic rings. The third-order valence-electron chi connectivity index (χ3n) is 4.06. The molecule has 3 aromatic carbocycles. The summed E-state index contributed by atoms with van der Waals surface area (Å²) in [6.07, 6.45) is 1.80. The Kier molecular flexibility index (Phi) is 7.33. The van der Waals surface area contributed by atoms with Crippen LogP contribution in [0.3, 0.4) is 0 Å². The Bertz CT molecular complexity index is 882. The maximum absolute atomic E-state index is 12.3. The Balaban J connectivity index is 1.38. The second-order valence-electron chi connectivity index (χ2n) is 6.18. The first kappa shape index (κ1) is 19.8. The Labute approximate surface area is 170 Å². The van der Waals surface area contributed by atoms with E-state index in [9.17, 15) is 4.79 Å². The van der Waals surface area contributed by atoms with Crippen LogP contribution in [-0.2, 0) is 0 Å². The first-order chi connectivity index (χ1) is 13.7. The van der Waals surface area contributed by atoms with Crippen LogP contribution < -0.4 is 14.8 Å². The molecule has 0 fully saturated rings. The van der Waals surface area contributed by atoms with E-state index in [-0.39, 0.29) is 5.91 Å². The fourth-order valence-corrected chi connectivity index (χ4v) is 2.74. The average molecular weight is 396 g/mol. The Morgan fingerprint density at radius 1 is 0.750 bits per heavy atom. The molecule has 0 unspecified atom stereocenters. The van der Waals surface area contributed by atoms with Gasteiger partial charge in [0.15, 0.2) is 0 Å². The van der Waals surface area contributed by atoms with Crippen LogP contribution in [-0.4, -0.2) is 19.1 Å². The number of hydrogen-bond acceptors (Lipinski definition) is 3. The topological polar surface area (TPSA) is 47.6 Å². The molecule has 0 aliphatic heterocycles. The van der Waals surface area contributed by atoms with Crippen LogP contribution in [0.1, 0.15) is 23.2 Å². The Morgan fingerprint density at radius 2 is 1.32 bits per heavy atom. The molecule has 0 heterocycles. The largest absolute Gasteiger partial charge is 0.494 e. The highest BCUT2D eigenvalue weighted by molar-refractivity contribution is 6.33. The average Bonchev–Trinajstić information content (AvgIpc) is 2.73. The van der Waals surface area contributed by atoms with Gasteiger partial charge in [0.05, 0.1) is 23.9 Å². The van der Waals surface area contributed by atoms with E-state index in [2.05, 4.69) is 5.32 Å². The number of rotatable bonds is 9. The van der Waals surface area contributed by atoms with Gasteiger partial charge in [-0.2, -0.15) is 0 Å². The number of carbonyl (C=O) groups excluding carboxylic acids is 1. The minimum Gasteiger partial charge on any atom is -0.494 e. The predicted octanol–water partition coefficient (Wildman–Crippen LogP) is 5.83. The molecule has 0 bridgehead atoms. The van der Waals surface area contributed by atoms with E-state index in [0.717, 1.165) is 24.3 Å². The summed E-state index contributed by atoms with van der Waals surface area (Å²) in [5.41, 5.74) is 1.13. The van der Waals surface area contributed by atoms with Crippen molar-refractivity contribution in [3.63, 3.8) is 0 Å². The van der Waals surface area contributed by atoms with Gasteiger partial charge in [0.25, 0.3) is 5.91 Å². The van der Waals surface area contributed by atoms with Crippen LogP contribution in [0.5, 0.6) is 11.5 Å². The maximum Gasteiger partial charge on any atom is 0.255 e. The van der Waals surface area contributed by atoms with Crippen molar-refractivity contribution < 1.29 is 14.3 Å². The monoisotopic (exact) mass is 395 g/mol. The zero-order valence-electron chi connectivity index (χ0n) is 15.4. The Hall–Kier alpha value is -2.98. The van der Waals surface area contributed by atoms with Gasteiger partial charge in [0, 0.05) is 5.56 Å². The van der Waals surface area contributed by atoms with Crippen molar-refractivity contribution in [3.8, 4) is 11.5 Å². The fraction of sp³-hybridized carbons (Fsp3) is 0.174. The third kappa shape index (κ3) is 6.03. The molecule has 5 heteroatoms. The second kappa shape index (κ2) is 10.4. The second-order valence-corrected chi connectivity index (χ2v) is 6.58. The standard InChI is InChI=1S/C23H22ClNO3/c24-21-10-4-5-11-22(21)25-23(26)18-12-14-20(15-13-18)28-17-7-6-16-27-19-8-2-1-3-9-19/h1-5,8-15H,6-7,16-17H2,(H,25,26). The number of hydrogen-bond donors (Lipinski definition) is 1. The van der Waals surface area contributed by atoms with Crippen LogP contribution in [0.25, 0.3) is 0 Å². The van der Waals surface area contributed by atoms with Gasteiger partial charge >= 0.3 is 0 Å². The zero-order chi connectivity index (χ0) is 19.6. The van der Waals surface area contributed by atoms with Crippen molar-refractivity contribution in [1.29, 1.82) is 0 Å². The van der Waals surface area contributed by atoms with Gasteiger partial charge in [-0.3, -0.25) is 4.79 Å². The third-order valence-corrected chi connectivity index (χ3v) is 4.39. The molecule has 3 rings (SSSR count). The summed E-state index contributed by atoms with van der Waals surface area (Å²) >= 11 is 6.07. The highest BCUT2D eigenvalue weighted by Crippen LogP contribution is 2.21. The molecule has 0 aliphatic carbocycles. The van der Waals surface area contributed by atoms with Crippen LogP contribution >= 0.6 is 11.6 Å². The first-order valence-corrected chi connectivity index (χ1v) is 9.57. The summed E-state index contributed by atoms with van der Waals surface area (Å²) in [4.78, 5) is 12.3. The lowest BCUT2D eigenvalue weighted by Gasteiger charge is -2.09. The van der Waals surface area contributed by atoms with Crippen molar-refractivity contribution in [1.82, 2.24) is 0 Å². The number of halogens is 1. The van der Waals surface area contributed by atoms with Crippen molar-refractivity contribution in [2.24, 2.45) is 0 Å². The van der Waals surface area contributed by atoms with Crippen molar-refractivity contribution in [3.05, 3.63) is 89.4 Å². The van der Waals surface area contributed by atoms with Crippen LogP contribution in [0.2, 0.25) is 5.02 Å². The lowest BCUT2D eigenvalue weighted by molar-refractivity contribution is 0.102. The van der Waals surface area contributed by atoms with Gasteiger partial charge in [-0.15, -0.1) is 0 Å².